The second kappa shape index (κ2) is 8.23. The maximum Gasteiger partial charge on any atom is 0.201 e. The predicted octanol–water partition coefficient (Wildman–Crippen LogP) is 3.92. The SMILES string of the molecule is Cc1[nH]c(-c2cc(CN[SH](=O)=O)ccc2Oc2ccccc2)c2c1C(=O)CCC2. The average molecular weight is 410 g/mol. The minimum Gasteiger partial charge on any atom is -0.457 e. The molecule has 0 saturated heterocycles. The number of aromatic amines is 1. The van der Waals surface area contributed by atoms with Gasteiger partial charge in [0, 0.05) is 29.8 Å². The summed E-state index contributed by atoms with van der Waals surface area (Å²) in [6, 6.07) is 15.1. The lowest BCUT2D eigenvalue weighted by molar-refractivity contribution is 0.0972. The number of aryl methyl sites for hydroxylation is 1. The first-order valence-electron chi connectivity index (χ1n) is 9.51. The van der Waals surface area contributed by atoms with Crippen LogP contribution in [-0.4, -0.2) is 19.2 Å². The number of ether oxygens (including phenoxy) is 1. The third kappa shape index (κ3) is 4.11. The molecule has 1 aliphatic rings. The van der Waals surface area contributed by atoms with Crippen molar-refractivity contribution in [1.29, 1.82) is 0 Å². The van der Waals surface area contributed by atoms with Crippen molar-refractivity contribution in [3.63, 3.8) is 0 Å². The molecule has 0 spiro atoms. The third-order valence-electron chi connectivity index (χ3n) is 5.10. The summed E-state index contributed by atoms with van der Waals surface area (Å²) in [6.45, 7) is 2.11. The summed E-state index contributed by atoms with van der Waals surface area (Å²) in [6.07, 6.45) is 2.21. The molecule has 0 radical (unpaired) electrons. The second-order valence-corrected chi connectivity index (χ2v) is 7.92. The van der Waals surface area contributed by atoms with Crippen LogP contribution in [0.3, 0.4) is 0 Å². The molecule has 1 heterocycles. The molecule has 4 rings (SSSR count). The average Bonchev–Trinajstić information content (AvgIpc) is 3.05. The Hall–Kier alpha value is -2.90. The number of thiol groups is 1. The Morgan fingerprint density at radius 2 is 1.90 bits per heavy atom. The van der Waals surface area contributed by atoms with Crippen LogP contribution >= 0.6 is 0 Å². The van der Waals surface area contributed by atoms with Gasteiger partial charge in [-0.3, -0.25) is 4.79 Å². The van der Waals surface area contributed by atoms with E-state index in [2.05, 4.69) is 9.71 Å². The molecule has 0 amide bonds. The minimum absolute atomic E-state index is 0.165. The van der Waals surface area contributed by atoms with E-state index in [0.717, 1.165) is 46.5 Å². The molecule has 0 bridgehead atoms. The molecule has 1 aromatic heterocycles. The molecule has 0 fully saturated rings. The summed E-state index contributed by atoms with van der Waals surface area (Å²) >= 11 is 0. The molecular formula is C22H22N2O4S. The maximum atomic E-state index is 12.4. The highest BCUT2D eigenvalue weighted by atomic mass is 32.2. The number of carbonyl (C=O) groups is 1. The number of benzene rings is 2. The Bertz CT molecular complexity index is 1130. The quantitative estimate of drug-likeness (QED) is 0.538. The van der Waals surface area contributed by atoms with E-state index < -0.39 is 10.9 Å². The topological polar surface area (TPSA) is 88.3 Å². The van der Waals surface area contributed by atoms with Gasteiger partial charge in [0.15, 0.2) is 5.78 Å². The number of rotatable bonds is 6. The van der Waals surface area contributed by atoms with Crippen LogP contribution in [0, 0.1) is 6.92 Å². The van der Waals surface area contributed by atoms with Gasteiger partial charge in [-0.25, -0.2) is 13.1 Å². The zero-order valence-corrected chi connectivity index (χ0v) is 16.9. The number of Topliss-reactive ketones (excluding diaryl/α,β-unsaturated/α-hetero) is 1. The number of hydrogen-bond acceptors (Lipinski definition) is 4. The van der Waals surface area contributed by atoms with Crippen LogP contribution in [-0.2, 0) is 23.9 Å². The Morgan fingerprint density at radius 3 is 2.66 bits per heavy atom. The predicted molar refractivity (Wildman–Crippen MR) is 112 cm³/mol. The zero-order valence-electron chi connectivity index (χ0n) is 16.0. The Kier molecular flexibility index (Phi) is 5.51. The molecule has 1 aliphatic carbocycles. The van der Waals surface area contributed by atoms with Gasteiger partial charge in [-0.1, -0.05) is 24.3 Å². The van der Waals surface area contributed by atoms with Crippen LogP contribution in [0.4, 0.5) is 0 Å². The summed E-state index contributed by atoms with van der Waals surface area (Å²) < 4.78 is 30.4. The summed E-state index contributed by atoms with van der Waals surface area (Å²) in [5.41, 5.74) is 5.14. The van der Waals surface area contributed by atoms with E-state index in [0.29, 0.717) is 17.9 Å². The van der Waals surface area contributed by atoms with Crippen molar-refractivity contribution < 1.29 is 17.9 Å². The zero-order chi connectivity index (χ0) is 20.4. The van der Waals surface area contributed by atoms with Crippen molar-refractivity contribution in [3.8, 4) is 22.8 Å². The van der Waals surface area contributed by atoms with Crippen LogP contribution in [0.5, 0.6) is 11.5 Å². The smallest absolute Gasteiger partial charge is 0.201 e. The van der Waals surface area contributed by atoms with Crippen molar-refractivity contribution in [2.24, 2.45) is 0 Å². The van der Waals surface area contributed by atoms with Crippen LogP contribution in [0.25, 0.3) is 11.3 Å². The molecule has 150 valence electrons. The molecule has 0 unspecified atom stereocenters. The summed E-state index contributed by atoms with van der Waals surface area (Å²) in [7, 11) is -2.68. The fraction of sp³-hybridized carbons (Fsp3) is 0.227. The highest BCUT2D eigenvalue weighted by molar-refractivity contribution is 7.70. The van der Waals surface area contributed by atoms with Crippen molar-refractivity contribution in [2.75, 3.05) is 0 Å². The molecule has 0 saturated carbocycles. The number of para-hydroxylation sites is 1. The van der Waals surface area contributed by atoms with Gasteiger partial charge in [-0.05, 0) is 55.2 Å². The van der Waals surface area contributed by atoms with Crippen molar-refractivity contribution >= 4 is 16.7 Å². The lowest BCUT2D eigenvalue weighted by Gasteiger charge is -2.16. The Labute approximate surface area is 171 Å². The Morgan fingerprint density at radius 1 is 1.10 bits per heavy atom. The number of hydrogen-bond donors (Lipinski definition) is 3. The third-order valence-corrected chi connectivity index (χ3v) is 5.51. The second-order valence-electron chi connectivity index (χ2n) is 7.09. The molecule has 29 heavy (non-hydrogen) atoms. The minimum atomic E-state index is -2.68. The number of aromatic nitrogens is 1. The molecule has 3 aromatic rings. The van der Waals surface area contributed by atoms with Crippen molar-refractivity contribution in [1.82, 2.24) is 9.71 Å². The van der Waals surface area contributed by atoms with Crippen LogP contribution < -0.4 is 9.46 Å². The highest BCUT2D eigenvalue weighted by Crippen LogP contribution is 2.39. The number of carbonyl (C=O) groups excluding carboxylic acids is 1. The van der Waals surface area contributed by atoms with Crippen LogP contribution in [0.1, 0.15) is 40.0 Å². The van der Waals surface area contributed by atoms with Gasteiger partial charge in [0.25, 0.3) is 0 Å². The summed E-state index contributed by atoms with van der Waals surface area (Å²) in [5.74, 6) is 1.52. The fourth-order valence-corrected chi connectivity index (χ4v) is 4.14. The first kappa shape index (κ1) is 19.4. The lowest BCUT2D eigenvalue weighted by atomic mass is 9.89. The van der Waals surface area contributed by atoms with E-state index in [1.54, 1.807) is 0 Å². The molecule has 6 nitrogen and oxygen atoms in total. The Balaban J connectivity index is 1.82. The number of H-pyrrole nitrogens is 1. The van der Waals surface area contributed by atoms with Gasteiger partial charge in [-0.2, -0.15) is 0 Å². The first-order chi connectivity index (χ1) is 14.0. The van der Waals surface area contributed by atoms with Crippen LogP contribution in [0.2, 0.25) is 0 Å². The van der Waals surface area contributed by atoms with Crippen molar-refractivity contribution in [2.45, 2.75) is 32.7 Å². The summed E-state index contributed by atoms with van der Waals surface area (Å²) in [5, 5.41) is 0. The first-order valence-corrected chi connectivity index (χ1v) is 10.7. The molecule has 2 aromatic carbocycles. The van der Waals surface area contributed by atoms with Crippen molar-refractivity contribution in [3.05, 3.63) is 70.9 Å². The number of nitrogens with one attached hydrogen (secondary N) is 2. The summed E-state index contributed by atoms with van der Waals surface area (Å²) in [4.78, 5) is 15.8. The molecule has 0 atom stereocenters. The normalized spacial score (nSPS) is 13.5. The van der Waals surface area contributed by atoms with Gasteiger partial charge >= 0.3 is 0 Å². The van der Waals surface area contributed by atoms with E-state index in [4.69, 9.17) is 4.74 Å². The van der Waals surface area contributed by atoms with Gasteiger partial charge in [-0.15, -0.1) is 0 Å². The maximum absolute atomic E-state index is 12.4. The number of ketones is 1. The standard InChI is InChI=1S/C22H22N2O4S/c1-14-21-17(8-5-9-19(21)25)22(24-14)18-12-15(13-23-29(26)27)10-11-20(18)28-16-6-3-2-4-7-16/h2-4,6-7,10-12,24,29H,5,8-9,13H2,1H3,(H,23,26,27). The molecule has 0 aliphatic heterocycles. The highest BCUT2D eigenvalue weighted by Gasteiger charge is 2.26. The fourth-order valence-electron chi connectivity index (χ4n) is 3.83. The van der Waals surface area contributed by atoms with Gasteiger partial charge in [0.1, 0.15) is 11.5 Å². The van der Waals surface area contributed by atoms with E-state index >= 15 is 0 Å². The van der Waals surface area contributed by atoms with E-state index in [1.807, 2.05) is 55.5 Å². The van der Waals surface area contributed by atoms with Gasteiger partial charge in [0.2, 0.25) is 10.9 Å². The number of fused-ring (bicyclic) bond motifs is 1. The van der Waals surface area contributed by atoms with E-state index in [1.165, 1.54) is 0 Å². The van der Waals surface area contributed by atoms with E-state index in [-0.39, 0.29) is 12.3 Å². The van der Waals surface area contributed by atoms with E-state index in [9.17, 15) is 13.2 Å². The molecule has 7 heteroatoms. The van der Waals surface area contributed by atoms with Gasteiger partial charge < -0.3 is 9.72 Å². The molecular weight excluding hydrogens is 388 g/mol. The lowest BCUT2D eigenvalue weighted by Crippen LogP contribution is -2.11. The largest absolute Gasteiger partial charge is 0.457 e. The van der Waals surface area contributed by atoms with Crippen LogP contribution in [0.15, 0.2) is 48.5 Å². The molecule has 2 N–H and O–H groups in total. The monoisotopic (exact) mass is 410 g/mol. The van der Waals surface area contributed by atoms with Gasteiger partial charge in [0.05, 0.1) is 5.69 Å².